The third-order valence-corrected chi connectivity index (χ3v) is 3.63. The number of unbranched alkanes of at least 4 members (excludes halogenated alkanes) is 2. The van der Waals surface area contributed by atoms with Gasteiger partial charge in [-0.1, -0.05) is 6.42 Å². The predicted molar refractivity (Wildman–Crippen MR) is 61.7 cm³/mol. The van der Waals surface area contributed by atoms with Crippen LogP contribution in [0.3, 0.4) is 0 Å². The number of rotatable bonds is 9. The highest BCUT2D eigenvalue weighted by atomic mass is 32.2. The predicted octanol–water partition coefficient (Wildman–Crippen LogP) is 0.524. The van der Waals surface area contributed by atoms with Gasteiger partial charge in [0, 0.05) is 6.54 Å². The molecule has 0 saturated heterocycles. The van der Waals surface area contributed by atoms with Gasteiger partial charge in [0.15, 0.2) is 5.75 Å². The van der Waals surface area contributed by atoms with E-state index in [1.165, 1.54) is 0 Å². The molecule has 0 amide bonds. The Kier molecular flexibility index (Phi) is 7.81. The van der Waals surface area contributed by atoms with Crippen molar-refractivity contribution in [2.45, 2.75) is 19.3 Å². The van der Waals surface area contributed by atoms with Gasteiger partial charge in [-0.25, -0.2) is 13.1 Å². The van der Waals surface area contributed by atoms with Crippen molar-refractivity contribution in [1.29, 1.82) is 0 Å². The number of carbonyl (C=O) groups is 1. The lowest BCUT2D eigenvalue weighted by Gasteiger charge is -2.03. The minimum absolute atomic E-state index is 0.323. The lowest BCUT2D eigenvalue weighted by molar-refractivity contribution is -0.134. The molecule has 7 heteroatoms. The molecule has 0 aromatic carbocycles. The first-order valence-corrected chi connectivity index (χ1v) is 7.70. The van der Waals surface area contributed by atoms with Gasteiger partial charge in [-0.05, 0) is 24.9 Å². The Bertz CT molecular complexity index is 276. The van der Waals surface area contributed by atoms with Gasteiger partial charge < -0.3 is 5.11 Å². The van der Waals surface area contributed by atoms with E-state index in [-0.39, 0.29) is 0 Å². The number of carboxylic acid groups (broad SMARTS) is 1. The Morgan fingerprint density at radius 1 is 1.33 bits per heavy atom. The lowest BCUT2D eigenvalue weighted by Crippen LogP contribution is -2.30. The summed E-state index contributed by atoms with van der Waals surface area (Å²) in [5.74, 6) is -1.11. The maximum absolute atomic E-state index is 11.0. The molecule has 0 aliphatic rings. The molecule has 15 heavy (non-hydrogen) atoms. The Labute approximate surface area is 94.7 Å². The maximum Gasteiger partial charge on any atom is 0.320 e. The van der Waals surface area contributed by atoms with Gasteiger partial charge in [-0.3, -0.25) is 4.79 Å². The van der Waals surface area contributed by atoms with E-state index in [9.17, 15) is 13.2 Å². The fraction of sp³-hybridized carbons (Fsp3) is 0.875. The van der Waals surface area contributed by atoms with Gasteiger partial charge in [0.1, 0.15) is 0 Å². The molecule has 2 N–H and O–H groups in total. The summed E-state index contributed by atoms with van der Waals surface area (Å²) in [6.45, 7) is 0.323. The third-order valence-electron chi connectivity index (χ3n) is 1.66. The summed E-state index contributed by atoms with van der Waals surface area (Å²) in [6, 6.07) is 0. The van der Waals surface area contributed by atoms with Gasteiger partial charge in [0.05, 0.1) is 0 Å². The van der Waals surface area contributed by atoms with Crippen molar-refractivity contribution >= 4 is 27.8 Å². The maximum atomic E-state index is 11.0. The molecule has 90 valence electrons. The summed E-state index contributed by atoms with van der Waals surface area (Å²) in [5, 5.41) is 8.30. The molecule has 5 nitrogen and oxygen atoms in total. The van der Waals surface area contributed by atoms with Crippen molar-refractivity contribution < 1.29 is 18.3 Å². The number of hydrogen-bond acceptors (Lipinski definition) is 4. The number of hydrogen-bond donors (Lipinski definition) is 2. The van der Waals surface area contributed by atoms with E-state index in [0.717, 1.165) is 25.0 Å². The first kappa shape index (κ1) is 14.7. The fourth-order valence-corrected chi connectivity index (χ4v) is 2.36. The molecule has 0 spiro atoms. The van der Waals surface area contributed by atoms with Crippen LogP contribution < -0.4 is 4.72 Å². The van der Waals surface area contributed by atoms with Crippen LogP contribution in [0.15, 0.2) is 0 Å². The highest BCUT2D eigenvalue weighted by Crippen LogP contribution is 2.01. The standard InChI is InChI=1S/C8H17NO4S2/c1-14-6-4-2-3-5-9-15(12,13)7-8(10)11/h9H,2-7H2,1H3,(H,10,11). The van der Waals surface area contributed by atoms with Gasteiger partial charge in [-0.2, -0.15) is 11.8 Å². The first-order valence-electron chi connectivity index (χ1n) is 4.66. The Morgan fingerprint density at radius 3 is 2.53 bits per heavy atom. The third kappa shape index (κ3) is 10.0. The van der Waals surface area contributed by atoms with Crippen LogP contribution in [0.4, 0.5) is 0 Å². The Balaban J connectivity index is 3.54. The number of carboxylic acids is 1. The molecular weight excluding hydrogens is 238 g/mol. The molecule has 0 unspecified atom stereocenters. The van der Waals surface area contributed by atoms with E-state index >= 15 is 0 Å². The van der Waals surface area contributed by atoms with Crippen LogP contribution in [0.1, 0.15) is 19.3 Å². The molecule has 0 atom stereocenters. The van der Waals surface area contributed by atoms with Crippen molar-refractivity contribution in [3.8, 4) is 0 Å². The van der Waals surface area contributed by atoms with E-state index in [1.54, 1.807) is 11.8 Å². The van der Waals surface area contributed by atoms with E-state index in [0.29, 0.717) is 6.54 Å². The molecule has 0 heterocycles. The molecule has 0 aliphatic carbocycles. The van der Waals surface area contributed by atoms with Crippen molar-refractivity contribution in [1.82, 2.24) is 4.72 Å². The molecule has 0 bridgehead atoms. The molecule has 0 rings (SSSR count). The normalized spacial score (nSPS) is 11.5. The number of thioether (sulfide) groups is 1. The minimum Gasteiger partial charge on any atom is -0.480 e. The average Bonchev–Trinajstić information content (AvgIpc) is 2.08. The summed E-state index contributed by atoms with van der Waals surface area (Å²) in [4.78, 5) is 10.2. The molecule has 0 aromatic rings. The second-order valence-corrected chi connectivity index (χ2v) is 5.89. The highest BCUT2D eigenvalue weighted by Gasteiger charge is 2.13. The van der Waals surface area contributed by atoms with Crippen LogP contribution >= 0.6 is 11.8 Å². The number of aliphatic carboxylic acids is 1. The molecule has 0 radical (unpaired) electrons. The summed E-state index contributed by atoms with van der Waals surface area (Å²) >= 11 is 1.76. The van der Waals surface area contributed by atoms with Gasteiger partial charge >= 0.3 is 5.97 Å². The largest absolute Gasteiger partial charge is 0.480 e. The zero-order chi connectivity index (χ0) is 11.7. The van der Waals surface area contributed by atoms with Gasteiger partial charge in [0.2, 0.25) is 10.0 Å². The van der Waals surface area contributed by atoms with Crippen LogP contribution in [0.5, 0.6) is 0 Å². The summed E-state index contributed by atoms with van der Waals surface area (Å²) in [5.41, 5.74) is 0. The Hall–Kier alpha value is -0.270. The van der Waals surface area contributed by atoms with Gasteiger partial charge in [-0.15, -0.1) is 0 Å². The molecular formula is C8H17NO4S2. The summed E-state index contributed by atoms with van der Waals surface area (Å²) in [7, 11) is -3.63. The van der Waals surface area contributed by atoms with Crippen molar-refractivity contribution in [3.63, 3.8) is 0 Å². The summed E-state index contributed by atoms with van der Waals surface area (Å²) < 4.78 is 24.3. The molecule has 0 aliphatic heterocycles. The van der Waals surface area contributed by atoms with E-state index < -0.39 is 21.7 Å². The van der Waals surface area contributed by atoms with E-state index in [1.807, 2.05) is 6.26 Å². The SMILES string of the molecule is CSCCCCCNS(=O)(=O)CC(=O)O. The van der Waals surface area contributed by atoms with Crippen LogP contribution in [-0.2, 0) is 14.8 Å². The molecule has 0 fully saturated rings. The van der Waals surface area contributed by atoms with Crippen molar-refractivity contribution in [3.05, 3.63) is 0 Å². The first-order chi connectivity index (χ1) is 6.98. The fourth-order valence-electron chi connectivity index (χ4n) is 0.989. The zero-order valence-electron chi connectivity index (χ0n) is 8.73. The minimum atomic E-state index is -3.63. The molecule has 0 saturated carbocycles. The van der Waals surface area contributed by atoms with Crippen LogP contribution in [-0.4, -0.2) is 43.8 Å². The van der Waals surface area contributed by atoms with E-state index in [4.69, 9.17) is 5.11 Å². The second-order valence-electron chi connectivity index (χ2n) is 3.10. The van der Waals surface area contributed by atoms with Crippen LogP contribution in [0, 0.1) is 0 Å². The average molecular weight is 255 g/mol. The number of nitrogens with one attached hydrogen (secondary N) is 1. The van der Waals surface area contributed by atoms with Crippen LogP contribution in [0.2, 0.25) is 0 Å². The molecule has 0 aromatic heterocycles. The lowest BCUT2D eigenvalue weighted by atomic mass is 10.2. The topological polar surface area (TPSA) is 83.5 Å². The highest BCUT2D eigenvalue weighted by molar-refractivity contribution is 7.98. The smallest absolute Gasteiger partial charge is 0.320 e. The van der Waals surface area contributed by atoms with E-state index in [2.05, 4.69) is 4.72 Å². The van der Waals surface area contributed by atoms with Gasteiger partial charge in [0.25, 0.3) is 0 Å². The van der Waals surface area contributed by atoms with Crippen molar-refractivity contribution in [2.75, 3.05) is 24.3 Å². The van der Waals surface area contributed by atoms with Crippen LogP contribution in [0.25, 0.3) is 0 Å². The Morgan fingerprint density at radius 2 is 2.00 bits per heavy atom. The zero-order valence-corrected chi connectivity index (χ0v) is 10.4. The number of sulfonamides is 1. The second kappa shape index (κ2) is 7.95. The monoisotopic (exact) mass is 255 g/mol. The summed E-state index contributed by atoms with van der Waals surface area (Å²) in [6.07, 6.45) is 4.78. The van der Waals surface area contributed by atoms with Crippen molar-refractivity contribution in [2.24, 2.45) is 0 Å². The quantitative estimate of drug-likeness (QED) is 0.587.